The van der Waals surface area contributed by atoms with Crippen molar-refractivity contribution in [3.63, 3.8) is 0 Å². The molecule has 0 fully saturated rings. The molecule has 1 aromatic heterocycles. The number of hydrogen-bond acceptors (Lipinski definition) is 5. The Labute approximate surface area is 217 Å². The number of fused-ring (bicyclic) bond motifs is 1. The molecule has 194 valence electrons. The van der Waals surface area contributed by atoms with Gasteiger partial charge >= 0.3 is 12.1 Å². The number of carboxylic acid groups (broad SMARTS) is 1. The Kier molecular flexibility index (Phi) is 8.71. The second-order valence-electron chi connectivity index (χ2n) is 10.9. The van der Waals surface area contributed by atoms with Gasteiger partial charge in [0.05, 0.1) is 11.0 Å². The molecule has 0 aliphatic carbocycles. The quantitative estimate of drug-likeness (QED) is 0.256. The number of hydrogen-bond donors (Lipinski definition) is 1. The average molecular weight is 512 g/mol. The molecule has 1 heterocycles. The maximum absolute atomic E-state index is 12.9. The van der Waals surface area contributed by atoms with Crippen LogP contribution in [0.2, 0.25) is 0 Å². The lowest BCUT2D eigenvalue weighted by atomic mass is 9.86. The highest BCUT2D eigenvalue weighted by Gasteiger charge is 2.35. The minimum atomic E-state index is -0.883. The Morgan fingerprint density at radius 1 is 1.03 bits per heavy atom. The summed E-state index contributed by atoms with van der Waals surface area (Å²) < 4.78 is 7.49. The number of carbonyl (C=O) groups is 2. The maximum Gasteiger partial charge on any atom is 0.410 e. The van der Waals surface area contributed by atoms with Gasteiger partial charge in [-0.1, -0.05) is 75.0 Å². The van der Waals surface area contributed by atoms with Gasteiger partial charge in [0, 0.05) is 18.8 Å². The molecule has 0 aliphatic heterocycles. The second kappa shape index (κ2) is 11.4. The van der Waals surface area contributed by atoms with Gasteiger partial charge in [0.15, 0.2) is 5.16 Å². The molecule has 8 heteroatoms. The van der Waals surface area contributed by atoms with Crippen LogP contribution in [0.25, 0.3) is 11.0 Å². The van der Waals surface area contributed by atoms with Crippen molar-refractivity contribution in [1.82, 2.24) is 14.5 Å². The summed E-state index contributed by atoms with van der Waals surface area (Å²) in [5.74, 6) is -0.208. The molecule has 7 nitrogen and oxygen atoms in total. The van der Waals surface area contributed by atoms with Crippen molar-refractivity contribution in [3.05, 3.63) is 60.2 Å². The van der Waals surface area contributed by atoms with Crippen molar-refractivity contribution in [3.8, 4) is 0 Å². The highest BCUT2D eigenvalue weighted by molar-refractivity contribution is 7.99. The first-order chi connectivity index (χ1) is 16.9. The number of aromatic nitrogens is 2. The van der Waals surface area contributed by atoms with Crippen molar-refractivity contribution >= 4 is 34.9 Å². The number of ether oxygens (including phenoxy) is 1. The molecular weight excluding hydrogens is 474 g/mol. The van der Waals surface area contributed by atoms with E-state index in [4.69, 9.17) is 9.72 Å². The molecule has 2 aromatic carbocycles. The van der Waals surface area contributed by atoms with Gasteiger partial charge in [0.2, 0.25) is 0 Å². The Bertz CT molecular complexity index is 1180. The molecule has 0 radical (unpaired) electrons. The fraction of sp³-hybridized carbons (Fsp3) is 0.464. The Hall–Kier alpha value is -3.00. The van der Waals surface area contributed by atoms with Gasteiger partial charge in [0.25, 0.3) is 0 Å². The van der Waals surface area contributed by atoms with Gasteiger partial charge in [-0.2, -0.15) is 0 Å². The van der Waals surface area contributed by atoms with E-state index >= 15 is 0 Å². The van der Waals surface area contributed by atoms with E-state index in [0.717, 1.165) is 16.6 Å². The molecule has 1 unspecified atom stereocenters. The van der Waals surface area contributed by atoms with Crippen LogP contribution in [0.4, 0.5) is 4.79 Å². The maximum atomic E-state index is 12.9. The first-order valence-electron chi connectivity index (χ1n) is 12.2. The normalized spacial score (nSPS) is 12.9. The Morgan fingerprint density at radius 2 is 1.67 bits per heavy atom. The van der Waals surface area contributed by atoms with E-state index < -0.39 is 23.0 Å². The fourth-order valence-corrected chi connectivity index (χ4v) is 4.99. The van der Waals surface area contributed by atoms with E-state index in [1.54, 1.807) is 4.90 Å². The van der Waals surface area contributed by atoms with E-state index in [9.17, 15) is 14.7 Å². The number of thioether (sulfide) groups is 1. The highest BCUT2D eigenvalue weighted by Crippen LogP contribution is 2.37. The van der Waals surface area contributed by atoms with Crippen LogP contribution in [0.3, 0.4) is 0 Å². The SMILES string of the molecule is CC(C)(C)OC(=O)N(CCCSc1nc2ccccc2n1C(C(=O)O)C(C)(C)C)Cc1ccccc1. The minimum Gasteiger partial charge on any atom is -0.480 e. The van der Waals surface area contributed by atoms with Crippen molar-refractivity contribution < 1.29 is 19.4 Å². The largest absolute Gasteiger partial charge is 0.480 e. The van der Waals surface area contributed by atoms with Crippen molar-refractivity contribution in [2.24, 2.45) is 5.41 Å². The molecular formula is C28H37N3O4S. The first kappa shape index (κ1) is 27.6. The van der Waals surface area contributed by atoms with Crippen LogP contribution in [0.15, 0.2) is 59.8 Å². The minimum absolute atomic E-state index is 0.345. The van der Waals surface area contributed by atoms with E-state index in [2.05, 4.69) is 0 Å². The van der Waals surface area contributed by atoms with Crippen LogP contribution < -0.4 is 0 Å². The van der Waals surface area contributed by atoms with Crippen LogP contribution in [0, 0.1) is 5.41 Å². The third-order valence-corrected chi connectivity index (χ3v) is 6.59. The molecule has 3 aromatic rings. The van der Waals surface area contributed by atoms with Gasteiger partial charge in [-0.25, -0.2) is 14.6 Å². The summed E-state index contributed by atoms with van der Waals surface area (Å²) >= 11 is 1.52. The summed E-state index contributed by atoms with van der Waals surface area (Å²) in [6.45, 7) is 12.3. The fourth-order valence-electron chi connectivity index (χ4n) is 4.03. The number of rotatable bonds is 9. The number of para-hydroxylation sites is 2. The van der Waals surface area contributed by atoms with Gasteiger partial charge in [-0.15, -0.1) is 0 Å². The van der Waals surface area contributed by atoms with Crippen LogP contribution in [0.1, 0.15) is 59.6 Å². The monoisotopic (exact) mass is 511 g/mol. The zero-order chi connectivity index (χ0) is 26.5. The number of amides is 1. The summed E-state index contributed by atoms with van der Waals surface area (Å²) in [5, 5.41) is 10.8. The van der Waals surface area contributed by atoms with E-state index in [1.807, 2.05) is 101 Å². The number of carboxylic acids is 1. The summed E-state index contributed by atoms with van der Waals surface area (Å²) in [6, 6.07) is 16.7. The zero-order valence-electron chi connectivity index (χ0n) is 22.0. The first-order valence-corrected chi connectivity index (χ1v) is 13.2. The number of carbonyl (C=O) groups excluding carboxylic acids is 1. The lowest BCUT2D eigenvalue weighted by Gasteiger charge is -2.30. The second-order valence-corrected chi connectivity index (χ2v) is 12.0. The summed E-state index contributed by atoms with van der Waals surface area (Å²) in [7, 11) is 0. The van der Waals surface area contributed by atoms with Crippen molar-refractivity contribution in [1.29, 1.82) is 0 Å². The molecule has 0 spiro atoms. The van der Waals surface area contributed by atoms with E-state index in [1.165, 1.54) is 11.8 Å². The molecule has 0 aliphatic rings. The molecule has 1 atom stereocenters. The summed E-state index contributed by atoms with van der Waals surface area (Å²) in [5.41, 5.74) is 1.53. The standard InChI is InChI=1S/C28H37N3O4S/c1-27(2,3)23(24(32)33)31-22-16-11-10-15-21(22)29-25(31)36-18-12-17-30(26(34)35-28(4,5)6)19-20-13-8-7-9-14-20/h7-11,13-16,23H,12,17-19H2,1-6H3,(H,32,33). The molecule has 0 saturated carbocycles. The Morgan fingerprint density at radius 3 is 2.28 bits per heavy atom. The third kappa shape index (κ3) is 7.26. The Balaban J connectivity index is 1.77. The van der Waals surface area contributed by atoms with Gasteiger partial charge in [-0.3, -0.25) is 0 Å². The predicted molar refractivity (Wildman–Crippen MR) is 144 cm³/mol. The molecule has 0 bridgehead atoms. The predicted octanol–water partition coefficient (Wildman–Crippen LogP) is 6.63. The zero-order valence-corrected chi connectivity index (χ0v) is 22.8. The molecule has 1 amide bonds. The molecule has 3 rings (SSSR count). The van der Waals surface area contributed by atoms with Crippen LogP contribution in [0.5, 0.6) is 0 Å². The summed E-state index contributed by atoms with van der Waals surface area (Å²) in [6.07, 6.45) is 0.356. The number of nitrogens with zero attached hydrogens (tertiary/aromatic N) is 3. The summed E-state index contributed by atoms with van der Waals surface area (Å²) in [4.78, 5) is 31.7. The topological polar surface area (TPSA) is 84.7 Å². The number of benzene rings is 2. The third-order valence-electron chi connectivity index (χ3n) is 5.55. The van der Waals surface area contributed by atoms with Crippen LogP contribution in [-0.2, 0) is 16.1 Å². The number of aliphatic carboxylic acids is 1. The lowest BCUT2D eigenvalue weighted by Crippen LogP contribution is -2.37. The van der Waals surface area contributed by atoms with Crippen molar-refractivity contribution in [2.75, 3.05) is 12.3 Å². The van der Waals surface area contributed by atoms with Crippen LogP contribution >= 0.6 is 11.8 Å². The highest BCUT2D eigenvalue weighted by atomic mass is 32.2. The number of imidazole rings is 1. The van der Waals surface area contributed by atoms with Gasteiger partial charge in [0.1, 0.15) is 11.6 Å². The van der Waals surface area contributed by atoms with E-state index in [-0.39, 0.29) is 6.09 Å². The lowest BCUT2D eigenvalue weighted by molar-refractivity contribution is -0.144. The average Bonchev–Trinajstić information content (AvgIpc) is 3.12. The van der Waals surface area contributed by atoms with Gasteiger partial charge in [-0.05, 0) is 50.3 Å². The van der Waals surface area contributed by atoms with Crippen LogP contribution in [-0.4, -0.2) is 49.5 Å². The molecule has 1 N–H and O–H groups in total. The van der Waals surface area contributed by atoms with E-state index in [0.29, 0.717) is 30.4 Å². The van der Waals surface area contributed by atoms with Crippen molar-refractivity contribution in [2.45, 2.75) is 71.3 Å². The molecule has 36 heavy (non-hydrogen) atoms. The smallest absolute Gasteiger partial charge is 0.410 e. The van der Waals surface area contributed by atoms with Gasteiger partial charge < -0.3 is 19.3 Å². The molecule has 0 saturated heterocycles.